The zero-order valence-electron chi connectivity index (χ0n) is 11.1. The van der Waals surface area contributed by atoms with Crippen LogP contribution >= 0.6 is 0 Å². The average Bonchev–Trinajstić information content (AvgIpc) is 2.86. The number of aromatic amines is 1. The van der Waals surface area contributed by atoms with Crippen molar-refractivity contribution in [2.75, 3.05) is 0 Å². The van der Waals surface area contributed by atoms with Gasteiger partial charge in [-0.15, -0.1) is 0 Å². The standard InChI is InChI=1S/C15H11FN2O3/c1-8-11(6-7-21-8)13-17-14(19)12(15(20)18-13)9-2-4-10(16)5-3-9/h2-7H,1H3,(H2,17,18,19,20). The van der Waals surface area contributed by atoms with Crippen LogP contribution in [0.4, 0.5) is 4.39 Å². The Balaban J connectivity index is 2.15. The van der Waals surface area contributed by atoms with Gasteiger partial charge in [0.1, 0.15) is 23.0 Å². The average molecular weight is 286 g/mol. The van der Waals surface area contributed by atoms with E-state index in [9.17, 15) is 14.3 Å². The number of rotatable bonds is 2. The molecule has 6 heteroatoms. The molecule has 0 amide bonds. The summed E-state index contributed by atoms with van der Waals surface area (Å²) in [6.45, 7) is 1.72. The van der Waals surface area contributed by atoms with Crippen molar-refractivity contribution in [3.05, 3.63) is 58.5 Å². The van der Waals surface area contributed by atoms with Gasteiger partial charge in [-0.3, -0.25) is 4.79 Å². The molecule has 3 rings (SSSR count). The van der Waals surface area contributed by atoms with Gasteiger partial charge in [-0.25, -0.2) is 4.39 Å². The van der Waals surface area contributed by atoms with Gasteiger partial charge in [-0.1, -0.05) is 12.1 Å². The molecule has 0 bridgehead atoms. The number of furan rings is 1. The highest BCUT2D eigenvalue weighted by Crippen LogP contribution is 2.27. The molecule has 0 aliphatic rings. The number of H-pyrrole nitrogens is 1. The van der Waals surface area contributed by atoms with E-state index in [1.165, 1.54) is 30.5 Å². The molecule has 0 radical (unpaired) electrons. The molecule has 0 atom stereocenters. The summed E-state index contributed by atoms with van der Waals surface area (Å²) >= 11 is 0. The Hall–Kier alpha value is -2.89. The van der Waals surface area contributed by atoms with Crippen molar-refractivity contribution in [1.82, 2.24) is 9.97 Å². The number of nitrogens with zero attached hydrogens (tertiary/aromatic N) is 1. The second-order valence-electron chi connectivity index (χ2n) is 4.51. The normalized spacial score (nSPS) is 10.8. The van der Waals surface area contributed by atoms with Gasteiger partial charge in [0.25, 0.3) is 5.56 Å². The van der Waals surface area contributed by atoms with E-state index < -0.39 is 17.3 Å². The molecular formula is C15H11FN2O3. The molecular weight excluding hydrogens is 275 g/mol. The Morgan fingerprint density at radius 1 is 1.24 bits per heavy atom. The molecule has 106 valence electrons. The SMILES string of the molecule is Cc1occc1-c1nc(O)c(-c2ccc(F)cc2)c(=O)[nH]1. The Morgan fingerprint density at radius 3 is 2.52 bits per heavy atom. The lowest BCUT2D eigenvalue weighted by atomic mass is 10.1. The van der Waals surface area contributed by atoms with Crippen LogP contribution in [0, 0.1) is 12.7 Å². The molecule has 2 aromatic heterocycles. The summed E-state index contributed by atoms with van der Waals surface area (Å²) in [5.74, 6) is -0.0454. The smallest absolute Gasteiger partial charge is 0.262 e. The van der Waals surface area contributed by atoms with E-state index in [1.54, 1.807) is 13.0 Å². The summed E-state index contributed by atoms with van der Waals surface area (Å²) in [4.78, 5) is 18.7. The first-order valence-electron chi connectivity index (χ1n) is 6.20. The molecule has 5 nitrogen and oxygen atoms in total. The molecule has 0 unspecified atom stereocenters. The van der Waals surface area contributed by atoms with Gasteiger partial charge in [-0.2, -0.15) is 4.98 Å². The predicted molar refractivity (Wildman–Crippen MR) is 74.4 cm³/mol. The first-order chi connectivity index (χ1) is 10.1. The third-order valence-corrected chi connectivity index (χ3v) is 3.15. The molecule has 0 aliphatic carbocycles. The minimum Gasteiger partial charge on any atom is -0.493 e. The fourth-order valence-corrected chi connectivity index (χ4v) is 2.10. The van der Waals surface area contributed by atoms with Gasteiger partial charge in [0.15, 0.2) is 0 Å². The van der Waals surface area contributed by atoms with Gasteiger partial charge in [0.2, 0.25) is 5.88 Å². The maximum absolute atomic E-state index is 12.9. The summed E-state index contributed by atoms with van der Waals surface area (Å²) in [7, 11) is 0. The number of aromatic nitrogens is 2. The first kappa shape index (κ1) is 13.1. The van der Waals surface area contributed by atoms with Gasteiger partial charge in [-0.05, 0) is 30.7 Å². The summed E-state index contributed by atoms with van der Waals surface area (Å²) in [5.41, 5.74) is 0.468. The van der Waals surface area contributed by atoms with Gasteiger partial charge < -0.3 is 14.5 Å². The van der Waals surface area contributed by atoms with Crippen LogP contribution in [0.2, 0.25) is 0 Å². The Kier molecular flexibility index (Phi) is 3.06. The summed E-state index contributed by atoms with van der Waals surface area (Å²) in [6.07, 6.45) is 1.47. The molecule has 0 spiro atoms. The number of aromatic hydroxyl groups is 1. The van der Waals surface area contributed by atoms with Crippen LogP contribution in [-0.4, -0.2) is 15.1 Å². The van der Waals surface area contributed by atoms with Gasteiger partial charge in [0.05, 0.1) is 11.8 Å². The van der Waals surface area contributed by atoms with Crippen LogP contribution in [-0.2, 0) is 0 Å². The summed E-state index contributed by atoms with van der Waals surface area (Å²) < 4.78 is 18.1. The molecule has 21 heavy (non-hydrogen) atoms. The quantitative estimate of drug-likeness (QED) is 0.759. The van der Waals surface area contributed by atoms with E-state index in [1.807, 2.05) is 0 Å². The lowest BCUT2D eigenvalue weighted by Gasteiger charge is -2.05. The van der Waals surface area contributed by atoms with Crippen molar-refractivity contribution in [2.24, 2.45) is 0 Å². The largest absolute Gasteiger partial charge is 0.493 e. The topological polar surface area (TPSA) is 79.1 Å². The van der Waals surface area contributed by atoms with E-state index >= 15 is 0 Å². The Morgan fingerprint density at radius 2 is 1.95 bits per heavy atom. The zero-order chi connectivity index (χ0) is 15.0. The van der Waals surface area contributed by atoms with E-state index in [2.05, 4.69) is 9.97 Å². The van der Waals surface area contributed by atoms with Crippen LogP contribution in [0.1, 0.15) is 5.76 Å². The predicted octanol–water partition coefficient (Wildman–Crippen LogP) is 2.85. The molecule has 0 aliphatic heterocycles. The van der Waals surface area contributed by atoms with Crippen molar-refractivity contribution in [1.29, 1.82) is 0 Å². The molecule has 0 fully saturated rings. The highest BCUT2D eigenvalue weighted by atomic mass is 19.1. The van der Waals surface area contributed by atoms with Crippen LogP contribution in [0.25, 0.3) is 22.5 Å². The summed E-state index contributed by atoms with van der Waals surface area (Å²) in [5, 5.41) is 10.0. The highest BCUT2D eigenvalue weighted by Gasteiger charge is 2.15. The van der Waals surface area contributed by atoms with Gasteiger partial charge >= 0.3 is 0 Å². The monoisotopic (exact) mass is 286 g/mol. The number of hydrogen-bond donors (Lipinski definition) is 2. The first-order valence-corrected chi connectivity index (χ1v) is 6.20. The summed E-state index contributed by atoms with van der Waals surface area (Å²) in [6, 6.07) is 6.88. The molecule has 0 saturated heterocycles. The molecule has 0 saturated carbocycles. The van der Waals surface area contributed by atoms with Crippen molar-refractivity contribution < 1.29 is 13.9 Å². The fraction of sp³-hybridized carbons (Fsp3) is 0.0667. The lowest BCUT2D eigenvalue weighted by molar-refractivity contribution is 0.454. The Labute approximate surface area is 118 Å². The van der Waals surface area contributed by atoms with E-state index in [-0.39, 0.29) is 11.4 Å². The third-order valence-electron chi connectivity index (χ3n) is 3.15. The second-order valence-corrected chi connectivity index (χ2v) is 4.51. The van der Waals surface area contributed by atoms with Crippen molar-refractivity contribution >= 4 is 0 Å². The van der Waals surface area contributed by atoms with Crippen LogP contribution in [0.5, 0.6) is 5.88 Å². The van der Waals surface area contributed by atoms with Crippen LogP contribution in [0.3, 0.4) is 0 Å². The van der Waals surface area contributed by atoms with Crippen molar-refractivity contribution in [3.63, 3.8) is 0 Å². The fourth-order valence-electron chi connectivity index (χ4n) is 2.10. The number of hydrogen-bond acceptors (Lipinski definition) is 4. The minimum absolute atomic E-state index is 0.0000945. The molecule has 2 N–H and O–H groups in total. The highest BCUT2D eigenvalue weighted by molar-refractivity contribution is 5.69. The number of aryl methyl sites for hydroxylation is 1. The minimum atomic E-state index is -0.510. The van der Waals surface area contributed by atoms with E-state index in [0.29, 0.717) is 16.9 Å². The lowest BCUT2D eigenvalue weighted by Crippen LogP contribution is -2.12. The number of benzene rings is 1. The molecule has 1 aromatic carbocycles. The van der Waals surface area contributed by atoms with Gasteiger partial charge in [0, 0.05) is 0 Å². The maximum atomic E-state index is 12.9. The van der Waals surface area contributed by atoms with E-state index in [4.69, 9.17) is 4.42 Å². The number of halogens is 1. The van der Waals surface area contributed by atoms with Crippen LogP contribution in [0.15, 0.2) is 45.8 Å². The van der Waals surface area contributed by atoms with Crippen molar-refractivity contribution in [3.8, 4) is 28.4 Å². The van der Waals surface area contributed by atoms with E-state index in [0.717, 1.165) is 0 Å². The third kappa shape index (κ3) is 2.31. The maximum Gasteiger partial charge on any atom is 0.262 e. The second kappa shape index (κ2) is 4.90. The molecule has 3 aromatic rings. The van der Waals surface area contributed by atoms with Crippen LogP contribution < -0.4 is 5.56 Å². The molecule has 2 heterocycles. The Bertz CT molecular complexity index is 850. The van der Waals surface area contributed by atoms with Crippen molar-refractivity contribution in [2.45, 2.75) is 6.92 Å². The number of nitrogens with one attached hydrogen (secondary N) is 1. The zero-order valence-corrected chi connectivity index (χ0v) is 11.1.